The third kappa shape index (κ3) is 4.50. The Morgan fingerprint density at radius 2 is 1.74 bits per heavy atom. The molecule has 2 aliphatic carbocycles. The summed E-state index contributed by atoms with van der Waals surface area (Å²) in [7, 11) is 0. The Hall–Kier alpha value is -1.56. The van der Waals surface area contributed by atoms with Gasteiger partial charge in [-0.05, 0) is 37.0 Å². The highest BCUT2D eigenvalue weighted by Gasteiger charge is 2.56. The SMILES string of the molecule is Fc1cccc(-c2nnc(SC(c3ccccc3)C3CC3(Cl)Cl)n2C2CCCCC2)c1. The number of alkyl halides is 2. The van der Waals surface area contributed by atoms with E-state index in [1.54, 1.807) is 17.8 Å². The van der Waals surface area contributed by atoms with E-state index < -0.39 is 4.33 Å². The molecule has 0 bridgehead atoms. The molecule has 0 N–H and O–H groups in total. The quantitative estimate of drug-likeness (QED) is 0.271. The normalized spacial score (nSPS) is 21.7. The number of benzene rings is 2. The molecule has 7 heteroatoms. The molecule has 31 heavy (non-hydrogen) atoms. The van der Waals surface area contributed by atoms with Crippen molar-refractivity contribution in [2.24, 2.45) is 5.92 Å². The van der Waals surface area contributed by atoms with E-state index in [0.29, 0.717) is 6.04 Å². The third-order valence-corrected chi connectivity index (χ3v) is 8.50. The topological polar surface area (TPSA) is 30.7 Å². The highest BCUT2D eigenvalue weighted by molar-refractivity contribution is 7.99. The summed E-state index contributed by atoms with van der Waals surface area (Å²) in [6, 6.07) is 17.3. The molecule has 2 atom stereocenters. The van der Waals surface area contributed by atoms with Crippen LogP contribution in [-0.4, -0.2) is 19.1 Å². The second-order valence-corrected chi connectivity index (χ2v) is 11.2. The van der Waals surface area contributed by atoms with Gasteiger partial charge in [0, 0.05) is 22.8 Å². The largest absolute Gasteiger partial charge is 0.299 e. The van der Waals surface area contributed by atoms with Crippen molar-refractivity contribution in [2.75, 3.05) is 0 Å². The van der Waals surface area contributed by atoms with Gasteiger partial charge in [0.25, 0.3) is 0 Å². The predicted molar refractivity (Wildman–Crippen MR) is 125 cm³/mol. The molecular weight excluding hydrogens is 452 g/mol. The van der Waals surface area contributed by atoms with Gasteiger partial charge in [-0.1, -0.05) is 73.5 Å². The van der Waals surface area contributed by atoms with E-state index in [-0.39, 0.29) is 17.0 Å². The van der Waals surface area contributed by atoms with Crippen LogP contribution in [0.25, 0.3) is 11.4 Å². The van der Waals surface area contributed by atoms with Gasteiger partial charge in [-0.25, -0.2) is 4.39 Å². The fourth-order valence-electron chi connectivity index (χ4n) is 4.55. The molecule has 2 aromatic carbocycles. The van der Waals surface area contributed by atoms with Crippen molar-refractivity contribution in [3.63, 3.8) is 0 Å². The van der Waals surface area contributed by atoms with Crippen LogP contribution in [0.2, 0.25) is 0 Å². The zero-order valence-electron chi connectivity index (χ0n) is 17.1. The molecule has 0 saturated heterocycles. The smallest absolute Gasteiger partial charge is 0.192 e. The zero-order valence-corrected chi connectivity index (χ0v) is 19.4. The Morgan fingerprint density at radius 3 is 2.42 bits per heavy atom. The molecule has 0 amide bonds. The molecule has 0 spiro atoms. The summed E-state index contributed by atoms with van der Waals surface area (Å²) in [5, 5.41) is 10.1. The molecule has 3 nitrogen and oxygen atoms in total. The molecular formula is C24H24Cl2FN3S. The van der Waals surface area contributed by atoms with E-state index in [9.17, 15) is 4.39 Å². The second-order valence-electron chi connectivity index (χ2n) is 8.50. The first-order valence-electron chi connectivity index (χ1n) is 10.8. The van der Waals surface area contributed by atoms with Gasteiger partial charge < -0.3 is 0 Å². The van der Waals surface area contributed by atoms with Gasteiger partial charge in [-0.3, -0.25) is 4.57 Å². The maximum Gasteiger partial charge on any atom is 0.192 e. The van der Waals surface area contributed by atoms with Gasteiger partial charge in [0.2, 0.25) is 0 Å². The first-order chi connectivity index (χ1) is 15.0. The molecule has 0 aliphatic heterocycles. The predicted octanol–water partition coefficient (Wildman–Crippen LogP) is 7.62. The fraction of sp³-hybridized carbons (Fsp3) is 0.417. The minimum Gasteiger partial charge on any atom is -0.299 e. The summed E-state index contributed by atoms with van der Waals surface area (Å²) < 4.78 is 15.5. The standard InChI is InChI=1S/C24H24Cl2FN3S/c25-24(26)15-20(24)21(16-8-3-1-4-9-16)31-23-29-28-22(17-10-7-11-18(27)14-17)30(23)19-12-5-2-6-13-19/h1,3-4,7-11,14,19-21H,2,5-6,12-13,15H2. The number of thioether (sulfide) groups is 1. The molecule has 2 unspecified atom stereocenters. The van der Waals surface area contributed by atoms with Gasteiger partial charge >= 0.3 is 0 Å². The number of aromatic nitrogens is 3. The van der Waals surface area contributed by atoms with Crippen molar-refractivity contribution >= 4 is 35.0 Å². The first kappa shape index (κ1) is 21.3. The Kier molecular flexibility index (Phi) is 6.02. The lowest BCUT2D eigenvalue weighted by atomic mass is 9.95. The third-order valence-electron chi connectivity index (χ3n) is 6.29. The van der Waals surface area contributed by atoms with Crippen LogP contribution in [0, 0.1) is 11.7 Å². The average Bonchev–Trinajstić information content (AvgIpc) is 3.22. The van der Waals surface area contributed by atoms with Gasteiger partial charge in [-0.2, -0.15) is 0 Å². The Morgan fingerprint density at radius 1 is 1.00 bits per heavy atom. The van der Waals surface area contributed by atoms with Crippen LogP contribution in [0.4, 0.5) is 4.39 Å². The van der Waals surface area contributed by atoms with Crippen LogP contribution in [0.15, 0.2) is 59.8 Å². The summed E-state index contributed by atoms with van der Waals surface area (Å²) in [5.41, 5.74) is 1.95. The molecule has 0 radical (unpaired) electrons. The van der Waals surface area contributed by atoms with E-state index in [1.165, 1.54) is 37.0 Å². The van der Waals surface area contributed by atoms with Crippen molar-refractivity contribution in [3.8, 4) is 11.4 Å². The van der Waals surface area contributed by atoms with Crippen LogP contribution in [0.3, 0.4) is 0 Å². The molecule has 2 aliphatic rings. The Bertz CT molecular complexity index is 1050. The van der Waals surface area contributed by atoms with E-state index in [1.807, 2.05) is 24.3 Å². The molecule has 1 aromatic heterocycles. The molecule has 3 aromatic rings. The van der Waals surface area contributed by atoms with Crippen molar-refractivity contribution < 1.29 is 4.39 Å². The minimum absolute atomic E-state index is 0.0862. The minimum atomic E-state index is -0.700. The number of nitrogens with zero attached hydrogens (tertiary/aromatic N) is 3. The Labute approximate surface area is 196 Å². The molecule has 5 rings (SSSR count). The zero-order chi connectivity index (χ0) is 21.4. The van der Waals surface area contributed by atoms with E-state index in [0.717, 1.165) is 35.8 Å². The summed E-state index contributed by atoms with van der Waals surface area (Å²) in [4.78, 5) is 0. The lowest BCUT2D eigenvalue weighted by Crippen LogP contribution is -2.16. The molecule has 2 fully saturated rings. The van der Waals surface area contributed by atoms with Crippen LogP contribution in [0.1, 0.15) is 55.4 Å². The summed E-state index contributed by atoms with van der Waals surface area (Å²) >= 11 is 14.7. The van der Waals surface area contributed by atoms with Crippen LogP contribution in [-0.2, 0) is 0 Å². The fourth-order valence-corrected chi connectivity index (χ4v) is 6.74. The Balaban J connectivity index is 1.55. The average molecular weight is 476 g/mol. The van der Waals surface area contributed by atoms with Gasteiger partial charge in [0.1, 0.15) is 10.2 Å². The van der Waals surface area contributed by atoms with E-state index in [2.05, 4.69) is 26.9 Å². The number of rotatable bonds is 6. The number of halogens is 3. The molecule has 162 valence electrons. The second kappa shape index (κ2) is 8.76. The van der Waals surface area contributed by atoms with Crippen molar-refractivity contribution in [2.45, 2.75) is 59.3 Å². The maximum atomic E-state index is 14.0. The highest BCUT2D eigenvalue weighted by Crippen LogP contribution is 2.63. The van der Waals surface area contributed by atoms with Crippen molar-refractivity contribution in [3.05, 3.63) is 66.0 Å². The van der Waals surface area contributed by atoms with Gasteiger partial charge in [0.05, 0.1) is 0 Å². The van der Waals surface area contributed by atoms with E-state index >= 15 is 0 Å². The van der Waals surface area contributed by atoms with Gasteiger partial charge in [-0.15, -0.1) is 33.4 Å². The first-order valence-corrected chi connectivity index (χ1v) is 12.5. The van der Waals surface area contributed by atoms with Crippen LogP contribution >= 0.6 is 35.0 Å². The van der Waals surface area contributed by atoms with Gasteiger partial charge in [0.15, 0.2) is 11.0 Å². The lowest BCUT2D eigenvalue weighted by Gasteiger charge is -2.27. The summed E-state index contributed by atoms with van der Waals surface area (Å²) in [5.74, 6) is 0.621. The van der Waals surface area contributed by atoms with E-state index in [4.69, 9.17) is 23.2 Å². The highest BCUT2D eigenvalue weighted by atomic mass is 35.5. The van der Waals surface area contributed by atoms with Crippen LogP contribution in [0.5, 0.6) is 0 Å². The lowest BCUT2D eigenvalue weighted by molar-refractivity contribution is 0.339. The maximum absolute atomic E-state index is 14.0. The summed E-state index contributed by atoms with van der Waals surface area (Å²) in [6.07, 6.45) is 6.56. The summed E-state index contributed by atoms with van der Waals surface area (Å²) in [6.45, 7) is 0. The van der Waals surface area contributed by atoms with Crippen LogP contribution < -0.4 is 0 Å². The number of hydrogen-bond acceptors (Lipinski definition) is 3. The number of hydrogen-bond donors (Lipinski definition) is 0. The molecule has 2 saturated carbocycles. The monoisotopic (exact) mass is 475 g/mol. The van der Waals surface area contributed by atoms with Crippen molar-refractivity contribution in [1.82, 2.24) is 14.8 Å². The molecule has 1 heterocycles. The van der Waals surface area contributed by atoms with Crippen molar-refractivity contribution in [1.29, 1.82) is 0 Å².